The van der Waals surface area contributed by atoms with Gasteiger partial charge in [-0.1, -0.05) is 30.3 Å². The van der Waals surface area contributed by atoms with Gasteiger partial charge < -0.3 is 24.3 Å². The number of methoxy groups -OCH3 is 1. The summed E-state index contributed by atoms with van der Waals surface area (Å²) in [5.41, 5.74) is 0.750. The Labute approximate surface area is 216 Å². The average molecular weight is 515 g/mol. The molecule has 5 rings (SSSR count). The lowest BCUT2D eigenvalue weighted by Crippen LogP contribution is -2.54. The molecule has 0 spiro atoms. The first kappa shape index (κ1) is 24.4. The summed E-state index contributed by atoms with van der Waals surface area (Å²) in [6.45, 7) is -0.349. The number of benzene rings is 3. The summed E-state index contributed by atoms with van der Waals surface area (Å²) in [6.07, 6.45) is 1.27. The maximum absolute atomic E-state index is 13.4. The third-order valence-corrected chi connectivity index (χ3v) is 5.65. The first-order valence-electron chi connectivity index (χ1n) is 11.4. The molecule has 5 amide bonds. The molecule has 11 heteroatoms. The molecule has 2 aliphatic heterocycles. The third-order valence-electron chi connectivity index (χ3n) is 5.65. The van der Waals surface area contributed by atoms with Crippen molar-refractivity contribution in [1.82, 2.24) is 5.32 Å². The molecule has 3 aromatic rings. The highest BCUT2D eigenvalue weighted by Crippen LogP contribution is 2.37. The number of ether oxygens (including phenoxy) is 4. The van der Waals surface area contributed by atoms with E-state index in [1.54, 1.807) is 48.5 Å². The molecule has 192 valence electrons. The van der Waals surface area contributed by atoms with Gasteiger partial charge in [-0.15, -0.1) is 0 Å². The molecule has 0 bridgehead atoms. The SMILES string of the molecule is COc1cccc(/C=C2\C(=O)NC(=O)N(c3ccc4c(c3)OCO4)C2=O)c1OCC(=O)Nc1ccccc1. The molecule has 1 fully saturated rings. The van der Waals surface area contributed by atoms with Crippen molar-refractivity contribution in [2.24, 2.45) is 0 Å². The van der Waals surface area contributed by atoms with Crippen molar-refractivity contribution < 1.29 is 38.1 Å². The van der Waals surface area contributed by atoms with Gasteiger partial charge in [-0.2, -0.15) is 0 Å². The molecule has 1 saturated heterocycles. The Bertz CT molecular complexity index is 1470. The Hall–Kier alpha value is -5.32. The number of fused-ring (bicyclic) bond motifs is 1. The maximum atomic E-state index is 13.4. The number of nitrogens with one attached hydrogen (secondary N) is 2. The first-order valence-corrected chi connectivity index (χ1v) is 11.4. The Morgan fingerprint density at radius 2 is 1.82 bits per heavy atom. The van der Waals surface area contributed by atoms with Crippen molar-refractivity contribution in [3.05, 3.63) is 77.9 Å². The highest BCUT2D eigenvalue weighted by molar-refractivity contribution is 6.39. The number of hydrogen-bond acceptors (Lipinski definition) is 8. The first-order chi connectivity index (χ1) is 18.4. The van der Waals surface area contributed by atoms with Crippen LogP contribution >= 0.6 is 0 Å². The molecule has 0 unspecified atom stereocenters. The minimum absolute atomic E-state index is 0.0184. The highest BCUT2D eigenvalue weighted by atomic mass is 16.7. The van der Waals surface area contributed by atoms with Crippen LogP contribution < -0.4 is 34.5 Å². The number of imide groups is 2. The quantitative estimate of drug-likeness (QED) is 0.362. The van der Waals surface area contributed by atoms with Gasteiger partial charge in [0.15, 0.2) is 29.6 Å². The molecular formula is C27H21N3O8. The normalized spacial score (nSPS) is 15.3. The van der Waals surface area contributed by atoms with Gasteiger partial charge in [0.2, 0.25) is 6.79 Å². The zero-order valence-electron chi connectivity index (χ0n) is 20.1. The summed E-state index contributed by atoms with van der Waals surface area (Å²) < 4.78 is 21.7. The van der Waals surface area contributed by atoms with Crippen LogP contribution in [0.3, 0.4) is 0 Å². The van der Waals surface area contributed by atoms with Gasteiger partial charge in [0.1, 0.15) is 5.57 Å². The van der Waals surface area contributed by atoms with Gasteiger partial charge in [0.05, 0.1) is 12.8 Å². The van der Waals surface area contributed by atoms with Crippen LogP contribution in [0.5, 0.6) is 23.0 Å². The van der Waals surface area contributed by atoms with Crippen molar-refractivity contribution in [1.29, 1.82) is 0 Å². The topological polar surface area (TPSA) is 133 Å². The minimum atomic E-state index is -0.907. The molecule has 0 radical (unpaired) electrons. The molecule has 38 heavy (non-hydrogen) atoms. The van der Waals surface area contributed by atoms with E-state index < -0.39 is 23.8 Å². The Balaban J connectivity index is 1.42. The van der Waals surface area contributed by atoms with E-state index in [0.29, 0.717) is 17.2 Å². The number of para-hydroxylation sites is 2. The minimum Gasteiger partial charge on any atom is -0.493 e. The second-order valence-corrected chi connectivity index (χ2v) is 8.08. The number of barbiturate groups is 1. The molecule has 2 heterocycles. The standard InChI is InChI=1S/C27H21N3O8/c1-35-21-9-5-6-16(24(21)36-14-23(31)28-17-7-3-2-4-8-17)12-19-25(32)29-27(34)30(26(19)33)18-10-11-20-22(13-18)38-15-37-20/h2-13H,14-15H2,1H3,(H,28,31)(H,29,32,34)/b19-12+. The van der Waals surface area contributed by atoms with E-state index in [9.17, 15) is 19.2 Å². The lowest BCUT2D eigenvalue weighted by Gasteiger charge is -2.26. The molecule has 2 N–H and O–H groups in total. The van der Waals surface area contributed by atoms with Crippen LogP contribution in [-0.4, -0.2) is 44.3 Å². The third kappa shape index (κ3) is 4.85. The number of carbonyl (C=O) groups excluding carboxylic acids is 4. The molecule has 11 nitrogen and oxygen atoms in total. The van der Waals surface area contributed by atoms with Crippen molar-refractivity contribution in [3.63, 3.8) is 0 Å². The van der Waals surface area contributed by atoms with E-state index in [1.165, 1.54) is 25.3 Å². The Kier molecular flexibility index (Phi) is 6.64. The number of rotatable bonds is 7. The summed E-state index contributed by atoms with van der Waals surface area (Å²) in [6, 6.07) is 17.3. The van der Waals surface area contributed by atoms with E-state index in [1.807, 2.05) is 6.07 Å². The predicted molar refractivity (Wildman–Crippen MR) is 135 cm³/mol. The van der Waals surface area contributed by atoms with Crippen LogP contribution in [0.25, 0.3) is 6.08 Å². The van der Waals surface area contributed by atoms with Crippen molar-refractivity contribution in [2.75, 3.05) is 30.7 Å². The zero-order chi connectivity index (χ0) is 26.6. The number of anilines is 2. The van der Waals surface area contributed by atoms with Crippen molar-refractivity contribution in [3.8, 4) is 23.0 Å². The number of hydrogen-bond donors (Lipinski definition) is 2. The van der Waals surface area contributed by atoms with Gasteiger partial charge >= 0.3 is 6.03 Å². The van der Waals surface area contributed by atoms with Gasteiger partial charge in [0, 0.05) is 17.3 Å². The smallest absolute Gasteiger partial charge is 0.335 e. The van der Waals surface area contributed by atoms with Crippen molar-refractivity contribution >= 4 is 41.2 Å². The summed E-state index contributed by atoms with van der Waals surface area (Å²) in [4.78, 5) is 51.9. The molecule has 0 aromatic heterocycles. The van der Waals surface area contributed by atoms with Gasteiger partial charge in [-0.25, -0.2) is 9.69 Å². The zero-order valence-corrected chi connectivity index (χ0v) is 20.1. The molecule has 0 saturated carbocycles. The van der Waals surface area contributed by atoms with E-state index >= 15 is 0 Å². The van der Waals surface area contributed by atoms with Crippen LogP contribution in [0.15, 0.2) is 72.3 Å². The van der Waals surface area contributed by atoms with E-state index in [2.05, 4.69) is 10.6 Å². The highest BCUT2D eigenvalue weighted by Gasteiger charge is 2.37. The second kappa shape index (κ2) is 10.3. The van der Waals surface area contributed by atoms with Crippen LogP contribution in [0, 0.1) is 0 Å². The van der Waals surface area contributed by atoms with Gasteiger partial charge in [-0.05, 0) is 36.4 Å². The van der Waals surface area contributed by atoms with Crippen LogP contribution in [0.2, 0.25) is 0 Å². The lowest BCUT2D eigenvalue weighted by atomic mass is 10.1. The van der Waals surface area contributed by atoms with E-state index in [-0.39, 0.29) is 41.7 Å². The van der Waals surface area contributed by atoms with Crippen molar-refractivity contribution in [2.45, 2.75) is 0 Å². The van der Waals surface area contributed by atoms with Crippen LogP contribution in [0.1, 0.15) is 5.56 Å². The van der Waals surface area contributed by atoms with Gasteiger partial charge in [0.25, 0.3) is 17.7 Å². The molecular weight excluding hydrogens is 494 g/mol. The number of amides is 5. The maximum Gasteiger partial charge on any atom is 0.335 e. The van der Waals surface area contributed by atoms with E-state index in [0.717, 1.165) is 4.90 Å². The largest absolute Gasteiger partial charge is 0.493 e. The van der Waals surface area contributed by atoms with Crippen LogP contribution in [0.4, 0.5) is 16.2 Å². The Morgan fingerprint density at radius 3 is 2.61 bits per heavy atom. The Morgan fingerprint density at radius 1 is 1.03 bits per heavy atom. The summed E-state index contributed by atoms with van der Waals surface area (Å²) >= 11 is 0. The molecule has 0 aliphatic carbocycles. The fourth-order valence-electron chi connectivity index (χ4n) is 3.89. The molecule has 0 atom stereocenters. The van der Waals surface area contributed by atoms with Crippen LogP contribution in [-0.2, 0) is 14.4 Å². The number of carbonyl (C=O) groups is 4. The number of urea groups is 1. The summed E-state index contributed by atoms with van der Waals surface area (Å²) in [5.74, 6) is -0.910. The second-order valence-electron chi connectivity index (χ2n) is 8.08. The average Bonchev–Trinajstić information content (AvgIpc) is 3.38. The number of nitrogens with zero attached hydrogens (tertiary/aromatic N) is 1. The molecule has 3 aromatic carbocycles. The monoisotopic (exact) mass is 515 g/mol. The lowest BCUT2D eigenvalue weighted by molar-refractivity contribution is -0.122. The summed E-state index contributed by atoms with van der Waals surface area (Å²) in [7, 11) is 1.42. The van der Waals surface area contributed by atoms with Gasteiger partial charge in [-0.3, -0.25) is 19.7 Å². The summed E-state index contributed by atoms with van der Waals surface area (Å²) in [5, 5.41) is 4.88. The molecule has 2 aliphatic rings. The predicted octanol–water partition coefficient (Wildman–Crippen LogP) is 3.11. The van der Waals surface area contributed by atoms with E-state index in [4.69, 9.17) is 18.9 Å². The fraction of sp³-hybridized carbons (Fsp3) is 0.111. The fourth-order valence-corrected chi connectivity index (χ4v) is 3.89.